The van der Waals surface area contributed by atoms with Crippen molar-refractivity contribution in [2.75, 3.05) is 11.4 Å². The highest BCUT2D eigenvalue weighted by Crippen LogP contribution is 2.25. The summed E-state index contributed by atoms with van der Waals surface area (Å²) in [7, 11) is 0. The van der Waals surface area contributed by atoms with Crippen molar-refractivity contribution in [2.45, 2.75) is 12.8 Å². The minimum Gasteiger partial charge on any atom is -0.480 e. The van der Waals surface area contributed by atoms with Gasteiger partial charge < -0.3 is 10.0 Å². The number of halogens is 1. The first-order valence-electron chi connectivity index (χ1n) is 6.01. The number of hydrogen-bond donors (Lipinski definition) is 1. The number of aliphatic carboxylic acids is 1. The maximum absolute atomic E-state index is 12.4. The number of allylic oxidation sites excluding steroid dienone is 2. The van der Waals surface area contributed by atoms with E-state index in [1.165, 1.54) is 4.90 Å². The molecule has 0 fully saturated rings. The van der Waals surface area contributed by atoms with Gasteiger partial charge in [0.25, 0.3) is 0 Å². The lowest BCUT2D eigenvalue weighted by molar-refractivity contribution is -0.137. The predicted molar refractivity (Wildman–Crippen MR) is 73.3 cm³/mol. The fourth-order valence-corrected chi connectivity index (χ4v) is 2.30. The standard InChI is InChI=1S/C14H14ClNO3/c15-11-6-3-7-12(8-11)16(9-13(17)18)14(19)10-4-1-2-5-10/h1-3,6-8,10H,4-5,9H2,(H,17,18). The van der Waals surface area contributed by atoms with E-state index in [1.54, 1.807) is 24.3 Å². The summed E-state index contributed by atoms with van der Waals surface area (Å²) in [6.45, 7) is -0.352. The van der Waals surface area contributed by atoms with Crippen molar-refractivity contribution in [3.05, 3.63) is 41.4 Å². The highest BCUT2D eigenvalue weighted by molar-refractivity contribution is 6.31. The molecule has 1 N–H and O–H groups in total. The van der Waals surface area contributed by atoms with Crippen LogP contribution in [0, 0.1) is 5.92 Å². The summed E-state index contributed by atoms with van der Waals surface area (Å²) in [5.74, 6) is -1.38. The number of carboxylic acids is 1. The lowest BCUT2D eigenvalue weighted by Gasteiger charge is -2.24. The molecule has 1 aromatic rings. The first-order chi connectivity index (χ1) is 9.08. The van der Waals surface area contributed by atoms with Crippen LogP contribution in [0.1, 0.15) is 12.8 Å². The maximum atomic E-state index is 12.4. The molecule has 1 amide bonds. The van der Waals surface area contributed by atoms with Gasteiger partial charge >= 0.3 is 5.97 Å². The Morgan fingerprint density at radius 2 is 2.00 bits per heavy atom. The number of rotatable bonds is 4. The molecule has 0 heterocycles. The van der Waals surface area contributed by atoms with Crippen LogP contribution in [0.5, 0.6) is 0 Å². The fraction of sp³-hybridized carbons (Fsp3) is 0.286. The Morgan fingerprint density at radius 1 is 1.32 bits per heavy atom. The quantitative estimate of drug-likeness (QED) is 0.862. The zero-order valence-corrected chi connectivity index (χ0v) is 11.0. The van der Waals surface area contributed by atoms with Crippen LogP contribution in [0.2, 0.25) is 5.02 Å². The van der Waals surface area contributed by atoms with Crippen LogP contribution in [0.3, 0.4) is 0 Å². The zero-order valence-electron chi connectivity index (χ0n) is 10.3. The topological polar surface area (TPSA) is 57.6 Å². The third-order valence-corrected chi connectivity index (χ3v) is 3.27. The van der Waals surface area contributed by atoms with E-state index in [4.69, 9.17) is 16.7 Å². The summed E-state index contributed by atoms with van der Waals surface area (Å²) < 4.78 is 0. The second kappa shape index (κ2) is 5.89. The van der Waals surface area contributed by atoms with Crippen molar-refractivity contribution in [2.24, 2.45) is 5.92 Å². The van der Waals surface area contributed by atoms with Crippen molar-refractivity contribution in [3.8, 4) is 0 Å². The average molecular weight is 280 g/mol. The van der Waals surface area contributed by atoms with Gasteiger partial charge in [0, 0.05) is 16.6 Å². The van der Waals surface area contributed by atoms with Gasteiger partial charge in [-0.2, -0.15) is 0 Å². The van der Waals surface area contributed by atoms with E-state index < -0.39 is 5.97 Å². The van der Waals surface area contributed by atoms with Crippen LogP contribution in [-0.2, 0) is 9.59 Å². The van der Waals surface area contributed by atoms with Gasteiger partial charge in [-0.15, -0.1) is 0 Å². The molecule has 1 aliphatic carbocycles. The summed E-state index contributed by atoms with van der Waals surface area (Å²) in [5, 5.41) is 9.44. The molecule has 0 aromatic heterocycles. The SMILES string of the molecule is O=C(O)CN(C(=O)C1CC=CC1)c1cccc(Cl)c1. The van der Waals surface area contributed by atoms with Gasteiger partial charge in [-0.05, 0) is 31.0 Å². The van der Waals surface area contributed by atoms with E-state index in [9.17, 15) is 9.59 Å². The van der Waals surface area contributed by atoms with Crippen LogP contribution in [-0.4, -0.2) is 23.5 Å². The van der Waals surface area contributed by atoms with Crippen LogP contribution in [0.4, 0.5) is 5.69 Å². The molecule has 19 heavy (non-hydrogen) atoms. The molecule has 0 atom stereocenters. The normalized spacial score (nSPS) is 14.6. The molecule has 0 aliphatic heterocycles. The molecule has 1 aliphatic rings. The summed E-state index contributed by atoms with van der Waals surface area (Å²) in [5.41, 5.74) is 0.520. The van der Waals surface area contributed by atoms with Gasteiger partial charge in [-0.3, -0.25) is 9.59 Å². The van der Waals surface area contributed by atoms with E-state index in [2.05, 4.69) is 0 Å². The van der Waals surface area contributed by atoms with E-state index in [1.807, 2.05) is 12.2 Å². The Bertz CT molecular complexity index is 519. The Kier molecular flexibility index (Phi) is 4.22. The monoisotopic (exact) mass is 279 g/mol. The molecule has 0 saturated carbocycles. The second-order valence-electron chi connectivity index (χ2n) is 4.44. The third kappa shape index (κ3) is 3.35. The lowest BCUT2D eigenvalue weighted by Crippen LogP contribution is -2.39. The Balaban J connectivity index is 2.24. The smallest absolute Gasteiger partial charge is 0.323 e. The number of hydrogen-bond acceptors (Lipinski definition) is 2. The highest BCUT2D eigenvalue weighted by Gasteiger charge is 2.27. The summed E-state index contributed by atoms with van der Waals surface area (Å²) >= 11 is 5.89. The first kappa shape index (κ1) is 13.6. The number of carbonyl (C=O) groups is 2. The third-order valence-electron chi connectivity index (χ3n) is 3.04. The number of amides is 1. The van der Waals surface area contributed by atoms with E-state index in [0.29, 0.717) is 23.6 Å². The molecule has 5 heteroatoms. The molecule has 0 spiro atoms. The minimum absolute atomic E-state index is 0.168. The number of benzene rings is 1. The van der Waals surface area contributed by atoms with Gasteiger partial charge in [0.05, 0.1) is 0 Å². The summed E-state index contributed by atoms with van der Waals surface area (Å²) in [4.78, 5) is 24.6. The van der Waals surface area contributed by atoms with Crippen LogP contribution < -0.4 is 4.90 Å². The number of carboxylic acid groups (broad SMARTS) is 1. The molecule has 2 rings (SSSR count). The Hall–Kier alpha value is -1.81. The van der Waals surface area contributed by atoms with Crippen molar-refractivity contribution in [1.82, 2.24) is 0 Å². The molecule has 4 nitrogen and oxygen atoms in total. The number of nitrogens with zero attached hydrogens (tertiary/aromatic N) is 1. The molecule has 0 unspecified atom stereocenters. The molecule has 0 saturated heterocycles. The van der Waals surface area contributed by atoms with Gasteiger partial charge in [0.2, 0.25) is 5.91 Å². The molecular formula is C14H14ClNO3. The molecule has 0 radical (unpaired) electrons. The van der Waals surface area contributed by atoms with Crippen LogP contribution >= 0.6 is 11.6 Å². The second-order valence-corrected chi connectivity index (χ2v) is 4.87. The maximum Gasteiger partial charge on any atom is 0.323 e. The van der Waals surface area contributed by atoms with E-state index in [0.717, 1.165) is 0 Å². The fourth-order valence-electron chi connectivity index (χ4n) is 2.11. The van der Waals surface area contributed by atoms with Gasteiger partial charge in [-0.25, -0.2) is 0 Å². The molecular weight excluding hydrogens is 266 g/mol. The van der Waals surface area contributed by atoms with Crippen molar-refractivity contribution in [1.29, 1.82) is 0 Å². The molecule has 1 aromatic carbocycles. The first-order valence-corrected chi connectivity index (χ1v) is 6.39. The van der Waals surface area contributed by atoms with Gasteiger partial charge in [0.1, 0.15) is 6.54 Å². The van der Waals surface area contributed by atoms with Gasteiger partial charge in [0.15, 0.2) is 0 Å². The predicted octanol–water partition coefficient (Wildman–Crippen LogP) is 2.72. The number of anilines is 1. The highest BCUT2D eigenvalue weighted by atomic mass is 35.5. The minimum atomic E-state index is -1.04. The largest absolute Gasteiger partial charge is 0.480 e. The lowest BCUT2D eigenvalue weighted by atomic mass is 10.1. The summed E-state index contributed by atoms with van der Waals surface area (Å²) in [6.07, 6.45) is 5.21. The average Bonchev–Trinajstić information content (AvgIpc) is 2.88. The van der Waals surface area contributed by atoms with E-state index in [-0.39, 0.29) is 18.4 Å². The Morgan fingerprint density at radius 3 is 2.58 bits per heavy atom. The Labute approximate surface area is 116 Å². The van der Waals surface area contributed by atoms with Crippen molar-refractivity contribution >= 4 is 29.2 Å². The number of carbonyl (C=O) groups excluding carboxylic acids is 1. The van der Waals surface area contributed by atoms with Crippen LogP contribution in [0.15, 0.2) is 36.4 Å². The molecule has 100 valence electrons. The molecule has 0 bridgehead atoms. The van der Waals surface area contributed by atoms with Crippen molar-refractivity contribution in [3.63, 3.8) is 0 Å². The van der Waals surface area contributed by atoms with Crippen molar-refractivity contribution < 1.29 is 14.7 Å². The van der Waals surface area contributed by atoms with Gasteiger partial charge in [-0.1, -0.05) is 29.8 Å². The van der Waals surface area contributed by atoms with E-state index >= 15 is 0 Å². The summed E-state index contributed by atoms with van der Waals surface area (Å²) in [6, 6.07) is 6.68. The zero-order chi connectivity index (χ0) is 13.8. The van der Waals surface area contributed by atoms with Crippen LogP contribution in [0.25, 0.3) is 0 Å².